The average Bonchev–Trinajstić information content (AvgIpc) is 2.26. The third-order valence-electron chi connectivity index (χ3n) is 2.62. The van der Waals surface area contributed by atoms with Gasteiger partial charge in [-0.25, -0.2) is 0 Å². The Morgan fingerprint density at radius 1 is 1.31 bits per heavy atom. The minimum absolute atomic E-state index is 0.153. The molecule has 3 heteroatoms. The van der Waals surface area contributed by atoms with Crippen molar-refractivity contribution in [1.29, 1.82) is 0 Å². The number of unbranched alkanes of at least 4 members (excludes halogenated alkanes) is 1. The number of rotatable bonds is 5. The lowest BCUT2D eigenvalue weighted by atomic mass is 9.93. The molecule has 0 heterocycles. The predicted molar refractivity (Wildman–Crippen MR) is 62.1 cm³/mol. The first-order valence-electron chi connectivity index (χ1n) is 5.54. The van der Waals surface area contributed by atoms with E-state index in [0.29, 0.717) is 17.5 Å². The molecular weight excluding hydrogens is 204 g/mol. The summed E-state index contributed by atoms with van der Waals surface area (Å²) in [6, 6.07) is 6.63. The fourth-order valence-electron chi connectivity index (χ4n) is 1.70. The second-order valence-corrected chi connectivity index (χ2v) is 4.02. The fourth-order valence-corrected chi connectivity index (χ4v) is 1.70. The normalized spacial score (nSPS) is 11.5. The molecule has 3 nitrogen and oxygen atoms in total. The Kier molecular flexibility index (Phi) is 4.21. The monoisotopic (exact) mass is 222 g/mol. The van der Waals surface area contributed by atoms with Crippen molar-refractivity contribution in [1.82, 2.24) is 0 Å². The third-order valence-corrected chi connectivity index (χ3v) is 2.62. The first-order valence-corrected chi connectivity index (χ1v) is 5.54. The largest absolute Gasteiger partial charge is 0.362 e. The van der Waals surface area contributed by atoms with Crippen LogP contribution in [0.4, 0.5) is 0 Å². The van der Waals surface area contributed by atoms with Gasteiger partial charge in [0, 0.05) is 17.5 Å². The molecule has 2 N–H and O–H groups in total. The van der Waals surface area contributed by atoms with Crippen LogP contribution in [0.5, 0.6) is 0 Å². The van der Waals surface area contributed by atoms with Crippen LogP contribution in [0.1, 0.15) is 49.0 Å². The first kappa shape index (κ1) is 12.9. The van der Waals surface area contributed by atoms with Crippen molar-refractivity contribution in [2.45, 2.75) is 38.9 Å². The van der Waals surface area contributed by atoms with Crippen molar-refractivity contribution in [3.63, 3.8) is 0 Å². The molecule has 0 amide bonds. The Morgan fingerprint density at radius 3 is 2.50 bits per heavy atom. The van der Waals surface area contributed by atoms with Crippen LogP contribution in [0.2, 0.25) is 0 Å². The molecule has 0 unspecified atom stereocenters. The molecule has 0 atom stereocenters. The maximum atomic E-state index is 11.4. The molecule has 0 aliphatic carbocycles. The zero-order valence-electron chi connectivity index (χ0n) is 9.73. The van der Waals surface area contributed by atoms with E-state index in [9.17, 15) is 15.0 Å². The van der Waals surface area contributed by atoms with Gasteiger partial charge in [0.1, 0.15) is 0 Å². The van der Waals surface area contributed by atoms with E-state index in [1.807, 2.05) is 6.92 Å². The Balaban J connectivity index is 3.06. The summed E-state index contributed by atoms with van der Waals surface area (Å²) >= 11 is 0. The van der Waals surface area contributed by atoms with Crippen molar-refractivity contribution < 1.29 is 15.0 Å². The Morgan fingerprint density at radius 2 is 1.94 bits per heavy atom. The predicted octanol–water partition coefficient (Wildman–Crippen LogP) is 2.22. The van der Waals surface area contributed by atoms with Crippen LogP contribution in [0.25, 0.3) is 0 Å². The van der Waals surface area contributed by atoms with Crippen molar-refractivity contribution in [3.8, 4) is 0 Å². The lowest BCUT2D eigenvalue weighted by Gasteiger charge is -2.24. The summed E-state index contributed by atoms with van der Waals surface area (Å²) in [5.74, 6) is -2.06. The minimum atomic E-state index is -1.90. The SMILES string of the molecule is CCCCC(O)(O)c1ccccc1C(C)=O. The summed E-state index contributed by atoms with van der Waals surface area (Å²) in [6.45, 7) is 3.40. The van der Waals surface area contributed by atoms with E-state index in [1.165, 1.54) is 6.92 Å². The minimum Gasteiger partial charge on any atom is -0.362 e. The van der Waals surface area contributed by atoms with Gasteiger partial charge >= 0.3 is 0 Å². The summed E-state index contributed by atoms with van der Waals surface area (Å²) in [5, 5.41) is 19.9. The number of carbonyl (C=O) groups excluding carboxylic acids is 1. The second-order valence-electron chi connectivity index (χ2n) is 4.02. The summed E-state index contributed by atoms with van der Waals surface area (Å²) in [4.78, 5) is 11.4. The molecule has 0 bridgehead atoms. The van der Waals surface area contributed by atoms with Gasteiger partial charge in [0.05, 0.1) is 0 Å². The molecule has 1 aromatic rings. The molecule has 0 aliphatic heterocycles. The fraction of sp³-hybridized carbons (Fsp3) is 0.462. The zero-order valence-corrected chi connectivity index (χ0v) is 9.73. The van der Waals surface area contributed by atoms with E-state index >= 15 is 0 Å². The number of benzene rings is 1. The molecule has 0 fully saturated rings. The van der Waals surface area contributed by atoms with E-state index in [1.54, 1.807) is 24.3 Å². The molecule has 0 saturated heterocycles. The van der Waals surface area contributed by atoms with Crippen molar-refractivity contribution in [2.75, 3.05) is 0 Å². The number of Topliss-reactive ketones (excluding diaryl/α,β-unsaturated/α-hetero) is 1. The quantitative estimate of drug-likeness (QED) is 0.593. The van der Waals surface area contributed by atoms with Crippen LogP contribution in [-0.4, -0.2) is 16.0 Å². The smallest absolute Gasteiger partial charge is 0.190 e. The van der Waals surface area contributed by atoms with Crippen LogP contribution in [-0.2, 0) is 5.79 Å². The van der Waals surface area contributed by atoms with Gasteiger partial charge in [-0.15, -0.1) is 0 Å². The zero-order chi connectivity index (χ0) is 12.2. The Labute approximate surface area is 95.7 Å². The van der Waals surface area contributed by atoms with E-state index in [-0.39, 0.29) is 12.2 Å². The highest BCUT2D eigenvalue weighted by molar-refractivity contribution is 5.95. The number of ketones is 1. The van der Waals surface area contributed by atoms with E-state index in [0.717, 1.165) is 6.42 Å². The maximum Gasteiger partial charge on any atom is 0.190 e. The van der Waals surface area contributed by atoms with E-state index in [4.69, 9.17) is 0 Å². The van der Waals surface area contributed by atoms with Gasteiger partial charge < -0.3 is 10.2 Å². The van der Waals surface area contributed by atoms with Crippen LogP contribution in [0.3, 0.4) is 0 Å². The van der Waals surface area contributed by atoms with Crippen molar-refractivity contribution in [3.05, 3.63) is 35.4 Å². The summed E-state index contributed by atoms with van der Waals surface area (Å²) in [5.41, 5.74) is 0.680. The molecule has 0 saturated carbocycles. The van der Waals surface area contributed by atoms with Crippen molar-refractivity contribution in [2.24, 2.45) is 0 Å². The van der Waals surface area contributed by atoms with Gasteiger partial charge in [0.15, 0.2) is 11.6 Å². The van der Waals surface area contributed by atoms with Gasteiger partial charge in [-0.05, 0) is 13.3 Å². The van der Waals surface area contributed by atoms with Gasteiger partial charge in [-0.2, -0.15) is 0 Å². The average molecular weight is 222 g/mol. The molecule has 16 heavy (non-hydrogen) atoms. The lowest BCUT2D eigenvalue weighted by Crippen LogP contribution is -2.27. The molecule has 0 aromatic heterocycles. The van der Waals surface area contributed by atoms with Crippen molar-refractivity contribution >= 4 is 5.78 Å². The standard InChI is InChI=1S/C13H18O3/c1-3-4-9-13(15,16)12-8-6-5-7-11(12)10(2)14/h5-8,15-16H,3-4,9H2,1-2H3. The molecule has 88 valence electrons. The summed E-state index contributed by atoms with van der Waals surface area (Å²) in [7, 11) is 0. The number of carbonyl (C=O) groups is 1. The number of aliphatic hydroxyl groups is 2. The maximum absolute atomic E-state index is 11.4. The molecule has 0 radical (unpaired) electrons. The molecule has 1 rings (SSSR count). The summed E-state index contributed by atoms with van der Waals surface area (Å²) in [6.07, 6.45) is 1.83. The highest BCUT2D eigenvalue weighted by Gasteiger charge is 2.28. The lowest BCUT2D eigenvalue weighted by molar-refractivity contribution is -0.175. The third kappa shape index (κ3) is 2.90. The highest BCUT2D eigenvalue weighted by Crippen LogP contribution is 2.27. The van der Waals surface area contributed by atoms with Crippen LogP contribution in [0.15, 0.2) is 24.3 Å². The van der Waals surface area contributed by atoms with Gasteiger partial charge in [0.2, 0.25) is 0 Å². The first-order chi connectivity index (χ1) is 7.49. The molecular formula is C13H18O3. The Hall–Kier alpha value is -1.19. The second kappa shape index (κ2) is 5.23. The molecule has 0 aliphatic rings. The van der Waals surface area contributed by atoms with Gasteiger partial charge in [-0.3, -0.25) is 4.79 Å². The van der Waals surface area contributed by atoms with Gasteiger partial charge in [-0.1, -0.05) is 37.6 Å². The molecule has 1 aromatic carbocycles. The Bertz CT molecular complexity index is 369. The topological polar surface area (TPSA) is 57.5 Å². The van der Waals surface area contributed by atoms with Gasteiger partial charge in [0.25, 0.3) is 0 Å². The van der Waals surface area contributed by atoms with E-state index in [2.05, 4.69) is 0 Å². The number of hydrogen-bond donors (Lipinski definition) is 2. The van der Waals surface area contributed by atoms with E-state index < -0.39 is 5.79 Å². The summed E-state index contributed by atoms with van der Waals surface area (Å²) < 4.78 is 0. The number of hydrogen-bond acceptors (Lipinski definition) is 3. The van der Waals surface area contributed by atoms with Crippen LogP contribution >= 0.6 is 0 Å². The molecule has 0 spiro atoms. The highest BCUT2D eigenvalue weighted by atomic mass is 16.5. The van der Waals surface area contributed by atoms with Crippen LogP contribution < -0.4 is 0 Å². The van der Waals surface area contributed by atoms with Crippen LogP contribution in [0, 0.1) is 0 Å².